The first-order valence-electron chi connectivity index (χ1n) is 12.2. The molecular formula is C23H38FN7O3. The van der Waals surface area contributed by atoms with Gasteiger partial charge in [-0.3, -0.25) is 30.5 Å². The highest BCUT2D eigenvalue weighted by molar-refractivity contribution is 5.80. The van der Waals surface area contributed by atoms with E-state index in [0.29, 0.717) is 29.8 Å². The minimum absolute atomic E-state index is 0.0636. The van der Waals surface area contributed by atoms with Crippen molar-refractivity contribution in [1.29, 1.82) is 0 Å². The molecule has 0 aromatic carbocycles. The molecule has 2 fully saturated rings. The van der Waals surface area contributed by atoms with Crippen molar-refractivity contribution in [1.82, 2.24) is 25.4 Å². The van der Waals surface area contributed by atoms with E-state index in [4.69, 9.17) is 0 Å². The summed E-state index contributed by atoms with van der Waals surface area (Å²) in [6.45, 7) is 7.15. The molecule has 2 heterocycles. The van der Waals surface area contributed by atoms with Crippen LogP contribution in [0.3, 0.4) is 0 Å². The van der Waals surface area contributed by atoms with Crippen molar-refractivity contribution in [3.63, 3.8) is 0 Å². The van der Waals surface area contributed by atoms with Crippen LogP contribution in [0.5, 0.6) is 0 Å². The Kier molecular flexibility index (Phi) is 9.01. The minimum atomic E-state index is -0.626. The molecule has 0 radical (unpaired) electrons. The highest BCUT2D eigenvalue weighted by atomic mass is 19.1. The molecule has 1 saturated heterocycles. The van der Waals surface area contributed by atoms with Crippen LogP contribution in [0.1, 0.15) is 58.2 Å². The third-order valence-electron chi connectivity index (χ3n) is 7.10. The molecule has 1 aromatic rings. The van der Waals surface area contributed by atoms with Gasteiger partial charge in [0.05, 0.1) is 12.5 Å². The monoisotopic (exact) mass is 479 g/mol. The van der Waals surface area contributed by atoms with Crippen molar-refractivity contribution in [2.75, 3.05) is 37.0 Å². The Bertz CT molecular complexity index is 852. The average Bonchev–Trinajstić information content (AvgIpc) is 3.32. The molecule has 10 nitrogen and oxygen atoms in total. The van der Waals surface area contributed by atoms with Crippen LogP contribution >= 0.6 is 0 Å². The molecule has 3 atom stereocenters. The number of nitrogens with one attached hydrogen (secondary N) is 2. The number of carbonyl (C=O) groups is 2. The van der Waals surface area contributed by atoms with Crippen LogP contribution in [-0.2, 0) is 9.59 Å². The first kappa shape index (κ1) is 26.1. The van der Waals surface area contributed by atoms with Crippen molar-refractivity contribution in [2.24, 2.45) is 11.8 Å². The molecule has 0 bridgehead atoms. The zero-order chi connectivity index (χ0) is 24.8. The molecule has 11 heteroatoms. The van der Waals surface area contributed by atoms with E-state index >= 15 is 4.39 Å². The van der Waals surface area contributed by atoms with E-state index in [1.807, 2.05) is 11.8 Å². The third kappa shape index (κ3) is 6.32. The van der Waals surface area contributed by atoms with Gasteiger partial charge in [0.1, 0.15) is 5.82 Å². The molecule has 0 spiro atoms. The molecule has 190 valence electrons. The van der Waals surface area contributed by atoms with Crippen LogP contribution in [-0.4, -0.2) is 76.2 Å². The van der Waals surface area contributed by atoms with Gasteiger partial charge < -0.3 is 4.90 Å². The molecule has 3 N–H and O–H groups in total. The zero-order valence-corrected chi connectivity index (χ0v) is 20.6. The van der Waals surface area contributed by atoms with Crippen molar-refractivity contribution in [3.05, 3.63) is 11.6 Å². The fourth-order valence-electron chi connectivity index (χ4n) is 5.17. The van der Waals surface area contributed by atoms with Gasteiger partial charge in [0.25, 0.3) is 0 Å². The van der Waals surface area contributed by atoms with E-state index in [0.717, 1.165) is 38.6 Å². The number of carbonyl (C=O) groups excluding carboxylic acids is 2. The number of rotatable bonds is 10. The summed E-state index contributed by atoms with van der Waals surface area (Å²) in [7, 11) is 2.08. The van der Waals surface area contributed by atoms with Crippen LogP contribution in [0.2, 0.25) is 0 Å². The molecule has 1 unspecified atom stereocenters. The van der Waals surface area contributed by atoms with Crippen molar-refractivity contribution in [3.8, 4) is 0 Å². The Hall–Kier alpha value is -2.53. The molecule has 2 amide bonds. The van der Waals surface area contributed by atoms with Crippen LogP contribution in [0, 0.1) is 24.6 Å². The first-order chi connectivity index (χ1) is 16.2. The Morgan fingerprint density at radius 3 is 2.68 bits per heavy atom. The van der Waals surface area contributed by atoms with E-state index in [1.54, 1.807) is 6.92 Å². The van der Waals surface area contributed by atoms with Gasteiger partial charge in [0, 0.05) is 25.2 Å². The second kappa shape index (κ2) is 11.7. The van der Waals surface area contributed by atoms with Crippen molar-refractivity contribution in [2.45, 2.75) is 71.4 Å². The number of aromatic nitrogens is 2. The summed E-state index contributed by atoms with van der Waals surface area (Å²) in [6.07, 6.45) is 6.05. The zero-order valence-electron chi connectivity index (χ0n) is 20.6. The summed E-state index contributed by atoms with van der Waals surface area (Å²) in [5, 5.41) is 10.1. The van der Waals surface area contributed by atoms with Gasteiger partial charge in [-0.15, -0.1) is 0 Å². The maximum atomic E-state index is 15.5. The lowest BCUT2D eigenvalue weighted by Gasteiger charge is -2.44. The largest absolute Gasteiger partial charge is 0.348 e. The predicted molar refractivity (Wildman–Crippen MR) is 127 cm³/mol. The second-order valence-corrected chi connectivity index (χ2v) is 9.68. The Labute approximate surface area is 200 Å². The first-order valence-corrected chi connectivity index (χ1v) is 12.2. The second-order valence-electron chi connectivity index (χ2n) is 9.68. The SMILES string of the molecule is CCC1CN(c2nc(C)nc(NNC(=O)[C@H](CC3CCCC3)CN(O)C=O)c2F)[C@H](C)CN1C. The van der Waals surface area contributed by atoms with Crippen molar-refractivity contribution < 1.29 is 19.2 Å². The van der Waals surface area contributed by atoms with E-state index in [2.05, 4.69) is 39.7 Å². The Morgan fingerprint density at radius 2 is 2.03 bits per heavy atom. The van der Waals surface area contributed by atoms with Crippen LogP contribution in [0.25, 0.3) is 0 Å². The smallest absolute Gasteiger partial charge is 0.243 e. The maximum Gasteiger partial charge on any atom is 0.243 e. The van der Waals surface area contributed by atoms with E-state index in [1.165, 1.54) is 0 Å². The number of hydrazine groups is 1. The standard InChI is InChI=1S/C23H38FN7O3/c1-5-19-13-31(15(2)11-29(19)4)22-20(24)21(25-16(3)26-22)27-28-23(33)18(12-30(34)14-32)10-17-8-6-7-9-17/h14-15,17-19,34H,5-13H2,1-4H3,(H,28,33)(H,25,26,27)/t15-,18-,19?/m1/s1. The number of hydroxylamine groups is 2. The highest BCUT2D eigenvalue weighted by Gasteiger charge is 2.32. The molecule has 2 aliphatic rings. The van der Waals surface area contributed by atoms with Gasteiger partial charge in [-0.1, -0.05) is 32.6 Å². The fourth-order valence-corrected chi connectivity index (χ4v) is 5.17. The van der Waals surface area contributed by atoms with E-state index in [-0.39, 0.29) is 36.7 Å². The Balaban J connectivity index is 1.73. The molecular weight excluding hydrogens is 441 g/mol. The molecule has 34 heavy (non-hydrogen) atoms. The van der Waals surface area contributed by atoms with Gasteiger partial charge in [0.2, 0.25) is 18.1 Å². The predicted octanol–water partition coefficient (Wildman–Crippen LogP) is 2.33. The molecule has 3 rings (SSSR count). The summed E-state index contributed by atoms with van der Waals surface area (Å²) in [5.74, 6) is -0.813. The molecule has 1 saturated carbocycles. The summed E-state index contributed by atoms with van der Waals surface area (Å²) in [6, 6.07) is 0.353. The summed E-state index contributed by atoms with van der Waals surface area (Å²) in [4.78, 5) is 36.6. The number of hydrogen-bond acceptors (Lipinski definition) is 8. The normalized spacial score (nSPS) is 22.5. The summed E-state index contributed by atoms with van der Waals surface area (Å²) >= 11 is 0. The van der Waals surface area contributed by atoms with Gasteiger partial charge in [-0.25, -0.2) is 15.0 Å². The lowest BCUT2D eigenvalue weighted by molar-refractivity contribution is -0.154. The number of halogens is 1. The maximum absolute atomic E-state index is 15.5. The van der Waals surface area contributed by atoms with Crippen molar-refractivity contribution >= 4 is 24.0 Å². The Morgan fingerprint density at radius 1 is 1.32 bits per heavy atom. The minimum Gasteiger partial charge on any atom is -0.348 e. The molecule has 1 aromatic heterocycles. The number of piperazine rings is 1. The van der Waals surface area contributed by atoms with E-state index < -0.39 is 17.6 Å². The lowest BCUT2D eigenvalue weighted by Crippen LogP contribution is -2.56. The summed E-state index contributed by atoms with van der Waals surface area (Å²) in [5.41, 5.74) is 5.17. The number of aryl methyl sites for hydroxylation is 1. The lowest BCUT2D eigenvalue weighted by atomic mass is 9.92. The number of hydrogen-bond donors (Lipinski definition) is 3. The molecule has 1 aliphatic carbocycles. The number of nitrogens with zero attached hydrogens (tertiary/aromatic N) is 5. The number of likely N-dealkylation sites (N-methyl/N-ethyl adjacent to an activating group) is 1. The average molecular weight is 480 g/mol. The quantitative estimate of drug-likeness (QED) is 0.266. The van der Waals surface area contributed by atoms with Crippen LogP contribution in [0.4, 0.5) is 16.0 Å². The number of amides is 2. The van der Waals surface area contributed by atoms with Gasteiger partial charge >= 0.3 is 0 Å². The van der Waals surface area contributed by atoms with Gasteiger partial charge in [-0.2, -0.15) is 4.39 Å². The topological polar surface area (TPSA) is 114 Å². The third-order valence-corrected chi connectivity index (χ3v) is 7.10. The van der Waals surface area contributed by atoms with Crippen LogP contribution in [0.15, 0.2) is 0 Å². The number of anilines is 2. The molecule has 1 aliphatic heterocycles. The summed E-state index contributed by atoms with van der Waals surface area (Å²) < 4.78 is 15.5. The van der Waals surface area contributed by atoms with E-state index in [9.17, 15) is 14.8 Å². The highest BCUT2D eigenvalue weighted by Crippen LogP contribution is 2.31. The van der Waals surface area contributed by atoms with Gasteiger partial charge in [-0.05, 0) is 39.7 Å². The van der Waals surface area contributed by atoms with Crippen LogP contribution < -0.4 is 15.8 Å². The fraction of sp³-hybridized carbons (Fsp3) is 0.739. The van der Waals surface area contributed by atoms with Gasteiger partial charge in [0.15, 0.2) is 11.6 Å².